The number of halogens is 1. The Bertz CT molecular complexity index is 364. The van der Waals surface area contributed by atoms with Crippen molar-refractivity contribution in [2.75, 3.05) is 31.5 Å². The van der Waals surface area contributed by atoms with Gasteiger partial charge in [-0.3, -0.25) is 0 Å². The maximum Gasteiger partial charge on any atom is 0.118 e. The van der Waals surface area contributed by atoms with Crippen molar-refractivity contribution in [1.82, 2.24) is 4.90 Å². The molecule has 0 atom stereocenters. The van der Waals surface area contributed by atoms with Gasteiger partial charge in [-0.2, -0.15) is 0 Å². The smallest absolute Gasteiger partial charge is 0.118 e. The average molecular weight is 264 g/mol. The van der Waals surface area contributed by atoms with Gasteiger partial charge in [0, 0.05) is 18.8 Å². The molecule has 1 saturated heterocycles. The molecular formula is C16H25FN2. The Morgan fingerprint density at radius 3 is 2.42 bits per heavy atom. The lowest BCUT2D eigenvalue weighted by Gasteiger charge is -2.34. The van der Waals surface area contributed by atoms with Crippen LogP contribution in [0.15, 0.2) is 30.3 Å². The maximum atomic E-state index is 13.6. The number of piperidine rings is 1. The van der Waals surface area contributed by atoms with E-state index in [0.717, 1.165) is 32.5 Å². The highest BCUT2D eigenvalue weighted by Crippen LogP contribution is 2.21. The minimum absolute atomic E-state index is 0.561. The Hall–Kier alpha value is -1.09. The summed E-state index contributed by atoms with van der Waals surface area (Å²) < 4.78 is 13.6. The molecule has 0 spiro atoms. The molecule has 3 heteroatoms. The molecule has 1 aliphatic heterocycles. The van der Waals surface area contributed by atoms with E-state index in [0.29, 0.717) is 12.5 Å². The van der Waals surface area contributed by atoms with Gasteiger partial charge in [0.1, 0.15) is 5.67 Å². The van der Waals surface area contributed by atoms with Gasteiger partial charge in [-0.15, -0.1) is 0 Å². The summed E-state index contributed by atoms with van der Waals surface area (Å²) >= 11 is 0. The fourth-order valence-corrected chi connectivity index (χ4v) is 2.70. The molecule has 0 radical (unpaired) electrons. The van der Waals surface area contributed by atoms with E-state index in [9.17, 15) is 4.39 Å². The summed E-state index contributed by atoms with van der Waals surface area (Å²) in [5.74, 6) is 0.708. The van der Waals surface area contributed by atoms with Crippen LogP contribution in [0.25, 0.3) is 0 Å². The van der Waals surface area contributed by atoms with Crippen LogP contribution in [-0.2, 0) is 0 Å². The molecule has 1 aromatic rings. The van der Waals surface area contributed by atoms with Gasteiger partial charge >= 0.3 is 0 Å². The Labute approximate surface area is 116 Å². The normalized spacial score (nSPS) is 18.5. The van der Waals surface area contributed by atoms with Gasteiger partial charge in [0.15, 0.2) is 0 Å². The van der Waals surface area contributed by atoms with Crippen LogP contribution >= 0.6 is 0 Å². The lowest BCUT2D eigenvalue weighted by atomic mass is 9.96. The molecule has 2 nitrogen and oxygen atoms in total. The Morgan fingerprint density at radius 1 is 1.21 bits per heavy atom. The van der Waals surface area contributed by atoms with Crippen molar-refractivity contribution in [1.29, 1.82) is 0 Å². The predicted molar refractivity (Wildman–Crippen MR) is 79.3 cm³/mol. The van der Waals surface area contributed by atoms with Crippen molar-refractivity contribution < 1.29 is 4.39 Å². The highest BCUT2D eigenvalue weighted by molar-refractivity contribution is 5.42. The van der Waals surface area contributed by atoms with Crippen molar-refractivity contribution in [2.45, 2.75) is 32.4 Å². The minimum Gasteiger partial charge on any atom is -0.385 e. The summed E-state index contributed by atoms with van der Waals surface area (Å²) in [7, 11) is 0. The molecule has 2 rings (SSSR count). The molecule has 0 bridgehead atoms. The monoisotopic (exact) mass is 264 g/mol. The van der Waals surface area contributed by atoms with Crippen molar-refractivity contribution >= 4 is 5.69 Å². The SMILES string of the molecule is CC(C)(F)CN1CCC(CNc2ccccc2)CC1. The number of rotatable bonds is 5. The van der Waals surface area contributed by atoms with E-state index < -0.39 is 5.67 Å². The first-order chi connectivity index (χ1) is 9.03. The van der Waals surface area contributed by atoms with Crippen LogP contribution in [0.5, 0.6) is 0 Å². The molecule has 1 aromatic carbocycles. The number of likely N-dealkylation sites (tertiary alicyclic amines) is 1. The van der Waals surface area contributed by atoms with E-state index >= 15 is 0 Å². The number of benzene rings is 1. The first-order valence-corrected chi connectivity index (χ1v) is 7.23. The van der Waals surface area contributed by atoms with Crippen LogP contribution in [0.3, 0.4) is 0 Å². The molecule has 1 aliphatic rings. The zero-order valence-corrected chi connectivity index (χ0v) is 12.0. The second kappa shape index (κ2) is 6.38. The predicted octanol–water partition coefficient (Wildman–Crippen LogP) is 3.56. The van der Waals surface area contributed by atoms with Gasteiger partial charge in [0.2, 0.25) is 0 Å². The number of nitrogens with one attached hydrogen (secondary N) is 1. The fraction of sp³-hybridized carbons (Fsp3) is 0.625. The third-order valence-corrected chi connectivity index (χ3v) is 3.68. The molecule has 19 heavy (non-hydrogen) atoms. The number of hydrogen-bond donors (Lipinski definition) is 1. The third-order valence-electron chi connectivity index (χ3n) is 3.68. The summed E-state index contributed by atoms with van der Waals surface area (Å²) in [6, 6.07) is 10.3. The Morgan fingerprint density at radius 2 is 1.84 bits per heavy atom. The number of alkyl halides is 1. The van der Waals surface area contributed by atoms with Crippen LogP contribution < -0.4 is 5.32 Å². The lowest BCUT2D eigenvalue weighted by molar-refractivity contribution is 0.0977. The molecule has 0 unspecified atom stereocenters. The second-order valence-corrected chi connectivity index (χ2v) is 6.19. The molecule has 1 N–H and O–H groups in total. The lowest BCUT2D eigenvalue weighted by Crippen LogP contribution is -2.42. The highest BCUT2D eigenvalue weighted by atomic mass is 19.1. The third kappa shape index (κ3) is 5.19. The quantitative estimate of drug-likeness (QED) is 0.875. The molecular weight excluding hydrogens is 239 g/mol. The van der Waals surface area contributed by atoms with E-state index in [-0.39, 0.29) is 0 Å². The second-order valence-electron chi connectivity index (χ2n) is 6.19. The number of anilines is 1. The van der Waals surface area contributed by atoms with Gasteiger partial charge in [0.05, 0.1) is 0 Å². The molecule has 106 valence electrons. The van der Waals surface area contributed by atoms with Crippen LogP contribution in [0.4, 0.5) is 10.1 Å². The van der Waals surface area contributed by atoms with E-state index in [2.05, 4.69) is 22.3 Å². The van der Waals surface area contributed by atoms with Gasteiger partial charge in [-0.25, -0.2) is 4.39 Å². The zero-order chi connectivity index (χ0) is 13.7. The Kier molecular flexibility index (Phi) is 4.81. The molecule has 1 heterocycles. The average Bonchev–Trinajstić information content (AvgIpc) is 2.37. The van der Waals surface area contributed by atoms with Crippen LogP contribution in [-0.4, -0.2) is 36.7 Å². The molecule has 0 amide bonds. The molecule has 1 fully saturated rings. The fourth-order valence-electron chi connectivity index (χ4n) is 2.70. The summed E-state index contributed by atoms with van der Waals surface area (Å²) in [5.41, 5.74) is 0.115. The maximum absolute atomic E-state index is 13.6. The van der Waals surface area contributed by atoms with Gasteiger partial charge in [0.25, 0.3) is 0 Å². The van der Waals surface area contributed by atoms with Crippen LogP contribution in [0, 0.1) is 5.92 Å². The van der Waals surface area contributed by atoms with Gasteiger partial charge in [-0.1, -0.05) is 18.2 Å². The van der Waals surface area contributed by atoms with Crippen molar-refractivity contribution in [3.05, 3.63) is 30.3 Å². The number of para-hydroxylation sites is 1. The van der Waals surface area contributed by atoms with Crippen molar-refractivity contribution in [3.63, 3.8) is 0 Å². The van der Waals surface area contributed by atoms with Gasteiger partial charge in [-0.05, 0) is 57.8 Å². The van der Waals surface area contributed by atoms with Gasteiger partial charge < -0.3 is 10.2 Å². The molecule has 0 aromatic heterocycles. The van der Waals surface area contributed by atoms with E-state index in [1.54, 1.807) is 13.8 Å². The van der Waals surface area contributed by atoms with Crippen LogP contribution in [0.1, 0.15) is 26.7 Å². The summed E-state index contributed by atoms with van der Waals surface area (Å²) in [6.45, 7) is 6.96. The van der Waals surface area contributed by atoms with E-state index in [1.165, 1.54) is 5.69 Å². The first-order valence-electron chi connectivity index (χ1n) is 7.23. The standard InChI is InChI=1S/C16H25FN2/c1-16(2,17)13-19-10-8-14(9-11-19)12-18-15-6-4-3-5-7-15/h3-7,14,18H,8-13H2,1-2H3. The zero-order valence-electron chi connectivity index (χ0n) is 12.0. The van der Waals surface area contributed by atoms with Crippen LogP contribution in [0.2, 0.25) is 0 Å². The first kappa shape index (κ1) is 14.3. The topological polar surface area (TPSA) is 15.3 Å². The summed E-state index contributed by atoms with van der Waals surface area (Å²) in [4.78, 5) is 2.25. The Balaban J connectivity index is 1.69. The van der Waals surface area contributed by atoms with E-state index in [4.69, 9.17) is 0 Å². The number of hydrogen-bond acceptors (Lipinski definition) is 2. The van der Waals surface area contributed by atoms with Crippen molar-refractivity contribution in [3.8, 4) is 0 Å². The summed E-state index contributed by atoms with van der Waals surface area (Å²) in [6.07, 6.45) is 2.33. The summed E-state index contributed by atoms with van der Waals surface area (Å²) in [5, 5.41) is 3.48. The largest absolute Gasteiger partial charge is 0.385 e. The highest BCUT2D eigenvalue weighted by Gasteiger charge is 2.24. The molecule has 0 saturated carbocycles. The van der Waals surface area contributed by atoms with Crippen molar-refractivity contribution in [2.24, 2.45) is 5.92 Å². The minimum atomic E-state index is -1.07. The van der Waals surface area contributed by atoms with E-state index in [1.807, 2.05) is 18.2 Å². The number of nitrogens with zero attached hydrogens (tertiary/aromatic N) is 1. The molecule has 0 aliphatic carbocycles.